The minimum Gasteiger partial charge on any atom is -0.492 e. The average molecular weight is 354 g/mol. The smallest absolute Gasteiger partial charge is 0.191 e. The maximum absolute atomic E-state index is 13.1. The molecule has 0 unspecified atom stereocenters. The van der Waals surface area contributed by atoms with Crippen molar-refractivity contribution < 1.29 is 13.5 Å². The van der Waals surface area contributed by atoms with Crippen LogP contribution < -0.4 is 15.4 Å². The highest BCUT2D eigenvalue weighted by atomic mass is 32.1. The monoisotopic (exact) mass is 354 g/mol. The summed E-state index contributed by atoms with van der Waals surface area (Å²) in [5.41, 5.74) is 1.04. The number of guanidine groups is 1. The van der Waals surface area contributed by atoms with Gasteiger partial charge in [0, 0.05) is 18.0 Å². The lowest BCUT2D eigenvalue weighted by Crippen LogP contribution is -2.38. The van der Waals surface area contributed by atoms with Gasteiger partial charge in [0.25, 0.3) is 0 Å². The minimum absolute atomic E-state index is 0.285. The number of aliphatic imine (C=N–C) groups is 1. The third kappa shape index (κ3) is 5.16. The van der Waals surface area contributed by atoms with Gasteiger partial charge in [-0.05, 0) is 26.0 Å². The van der Waals surface area contributed by atoms with Crippen LogP contribution in [-0.2, 0) is 6.54 Å². The summed E-state index contributed by atoms with van der Waals surface area (Å²) in [5.74, 6) is -0.911. The van der Waals surface area contributed by atoms with Gasteiger partial charge < -0.3 is 15.4 Å². The molecule has 2 rings (SSSR count). The van der Waals surface area contributed by atoms with Crippen LogP contribution in [0.25, 0.3) is 0 Å². The van der Waals surface area contributed by atoms with Gasteiger partial charge in [-0.25, -0.2) is 13.8 Å². The van der Waals surface area contributed by atoms with Gasteiger partial charge in [-0.15, -0.1) is 11.3 Å². The number of halogens is 2. The van der Waals surface area contributed by atoms with Crippen molar-refractivity contribution >= 4 is 17.3 Å². The molecule has 0 fully saturated rings. The molecule has 0 amide bonds. The van der Waals surface area contributed by atoms with Crippen LogP contribution in [0.5, 0.6) is 5.75 Å². The molecular weight excluding hydrogens is 334 g/mol. The Balaban J connectivity index is 1.72. The number of aromatic nitrogens is 1. The van der Waals surface area contributed by atoms with Crippen molar-refractivity contribution in [1.29, 1.82) is 0 Å². The van der Waals surface area contributed by atoms with Crippen LogP contribution in [0.4, 0.5) is 8.78 Å². The molecule has 0 aliphatic rings. The zero-order chi connectivity index (χ0) is 17.5. The number of thiazole rings is 1. The van der Waals surface area contributed by atoms with Gasteiger partial charge >= 0.3 is 0 Å². The topological polar surface area (TPSA) is 58.5 Å². The Morgan fingerprint density at radius 2 is 2.04 bits per heavy atom. The molecule has 2 aromatic rings. The quantitative estimate of drug-likeness (QED) is 0.476. The second-order valence-corrected chi connectivity index (χ2v) is 6.31. The summed E-state index contributed by atoms with van der Waals surface area (Å²) >= 11 is 1.65. The van der Waals surface area contributed by atoms with Crippen molar-refractivity contribution in [2.75, 3.05) is 20.2 Å². The SMILES string of the molecule is CN=C(NCCOc1ccc(F)c(F)c1)NCc1nc(C)c(C)s1. The second-order valence-electron chi connectivity index (χ2n) is 5.03. The van der Waals surface area contributed by atoms with E-state index in [1.165, 1.54) is 10.9 Å². The van der Waals surface area contributed by atoms with Crippen LogP contribution in [0, 0.1) is 25.5 Å². The van der Waals surface area contributed by atoms with Crippen LogP contribution >= 0.6 is 11.3 Å². The van der Waals surface area contributed by atoms with Crippen molar-refractivity contribution in [3.05, 3.63) is 45.4 Å². The zero-order valence-corrected chi connectivity index (χ0v) is 14.6. The fraction of sp³-hybridized carbons (Fsp3) is 0.375. The van der Waals surface area contributed by atoms with Gasteiger partial charge in [-0.1, -0.05) is 0 Å². The van der Waals surface area contributed by atoms with Crippen molar-refractivity contribution in [2.45, 2.75) is 20.4 Å². The molecule has 0 spiro atoms. The Hall–Kier alpha value is -2.22. The molecule has 5 nitrogen and oxygen atoms in total. The maximum atomic E-state index is 13.1. The zero-order valence-electron chi connectivity index (χ0n) is 13.8. The number of nitrogens with one attached hydrogen (secondary N) is 2. The Morgan fingerprint density at radius 1 is 1.25 bits per heavy atom. The largest absolute Gasteiger partial charge is 0.492 e. The van der Waals surface area contributed by atoms with E-state index in [0.29, 0.717) is 25.7 Å². The second kappa shape index (κ2) is 8.58. The van der Waals surface area contributed by atoms with Crippen molar-refractivity contribution in [1.82, 2.24) is 15.6 Å². The minimum atomic E-state index is -0.924. The van der Waals surface area contributed by atoms with Crippen LogP contribution in [0.2, 0.25) is 0 Å². The molecule has 0 aliphatic carbocycles. The van der Waals surface area contributed by atoms with Gasteiger partial charge in [0.2, 0.25) is 0 Å². The summed E-state index contributed by atoms with van der Waals surface area (Å²) in [5, 5.41) is 7.24. The van der Waals surface area contributed by atoms with Crippen molar-refractivity contribution in [2.24, 2.45) is 4.99 Å². The molecule has 1 heterocycles. The van der Waals surface area contributed by atoms with Crippen LogP contribution in [0.1, 0.15) is 15.6 Å². The highest BCUT2D eigenvalue weighted by Gasteiger charge is 2.05. The van der Waals surface area contributed by atoms with E-state index in [2.05, 4.69) is 20.6 Å². The first kappa shape index (κ1) is 18.1. The van der Waals surface area contributed by atoms with E-state index in [-0.39, 0.29) is 5.75 Å². The Labute approximate surface area is 143 Å². The van der Waals surface area contributed by atoms with Crippen molar-refractivity contribution in [3.63, 3.8) is 0 Å². The summed E-state index contributed by atoms with van der Waals surface area (Å²) in [7, 11) is 1.67. The Bertz CT molecular complexity index is 699. The van der Waals surface area contributed by atoms with E-state index < -0.39 is 11.6 Å². The van der Waals surface area contributed by atoms with E-state index in [9.17, 15) is 8.78 Å². The summed E-state index contributed by atoms with van der Waals surface area (Å²) in [6.07, 6.45) is 0. The summed E-state index contributed by atoms with van der Waals surface area (Å²) in [4.78, 5) is 9.76. The molecular formula is C16H20F2N4OS. The van der Waals surface area contributed by atoms with Crippen LogP contribution in [0.15, 0.2) is 23.2 Å². The first-order valence-corrected chi connectivity index (χ1v) is 8.26. The molecule has 8 heteroatoms. The summed E-state index contributed by atoms with van der Waals surface area (Å²) in [6, 6.07) is 3.45. The molecule has 1 aromatic heterocycles. The first-order valence-electron chi connectivity index (χ1n) is 7.45. The van der Waals surface area contributed by atoms with Gasteiger partial charge in [-0.3, -0.25) is 4.99 Å². The number of hydrogen-bond donors (Lipinski definition) is 2. The van der Waals surface area contributed by atoms with Crippen LogP contribution in [-0.4, -0.2) is 31.1 Å². The first-order chi connectivity index (χ1) is 11.5. The molecule has 0 bridgehead atoms. The third-order valence-electron chi connectivity index (χ3n) is 3.26. The molecule has 0 radical (unpaired) electrons. The third-order valence-corrected chi connectivity index (χ3v) is 4.33. The molecule has 1 aromatic carbocycles. The fourth-order valence-electron chi connectivity index (χ4n) is 1.90. The highest BCUT2D eigenvalue weighted by Crippen LogP contribution is 2.16. The number of hydrogen-bond acceptors (Lipinski definition) is 4. The number of ether oxygens (including phenoxy) is 1. The molecule has 130 valence electrons. The van der Waals surface area contributed by atoms with E-state index in [1.807, 2.05) is 13.8 Å². The van der Waals surface area contributed by atoms with Gasteiger partial charge in [0.05, 0.1) is 18.8 Å². The maximum Gasteiger partial charge on any atom is 0.191 e. The number of aryl methyl sites for hydroxylation is 2. The van der Waals surface area contributed by atoms with E-state index in [1.54, 1.807) is 18.4 Å². The molecule has 24 heavy (non-hydrogen) atoms. The van der Waals surface area contributed by atoms with Gasteiger partial charge in [0.1, 0.15) is 17.4 Å². The molecule has 0 saturated carbocycles. The molecule has 0 saturated heterocycles. The predicted octanol–water partition coefficient (Wildman–Crippen LogP) is 2.78. The standard InChI is InChI=1S/C16H20F2N4OS/c1-10-11(2)24-15(22-10)9-21-16(19-3)20-6-7-23-12-4-5-13(17)14(18)8-12/h4-5,8H,6-7,9H2,1-3H3,(H2,19,20,21). The van der Waals surface area contributed by atoms with Gasteiger partial charge in [-0.2, -0.15) is 0 Å². The van der Waals surface area contributed by atoms with Crippen molar-refractivity contribution in [3.8, 4) is 5.75 Å². The summed E-state index contributed by atoms with van der Waals surface area (Å²) < 4.78 is 31.2. The Morgan fingerprint density at radius 3 is 2.67 bits per heavy atom. The normalized spacial score (nSPS) is 11.5. The highest BCUT2D eigenvalue weighted by molar-refractivity contribution is 7.11. The molecule has 0 aliphatic heterocycles. The number of nitrogens with zero attached hydrogens (tertiary/aromatic N) is 2. The number of benzene rings is 1. The number of rotatable bonds is 6. The van der Waals surface area contributed by atoms with Crippen LogP contribution in [0.3, 0.4) is 0 Å². The lowest BCUT2D eigenvalue weighted by atomic mass is 10.3. The lowest BCUT2D eigenvalue weighted by Gasteiger charge is -2.11. The Kier molecular flexibility index (Phi) is 6.48. The summed E-state index contributed by atoms with van der Waals surface area (Å²) in [6.45, 7) is 5.37. The molecule has 2 N–H and O–H groups in total. The van der Waals surface area contributed by atoms with E-state index in [0.717, 1.165) is 22.8 Å². The average Bonchev–Trinajstić information content (AvgIpc) is 2.88. The van der Waals surface area contributed by atoms with Gasteiger partial charge in [0.15, 0.2) is 17.6 Å². The molecule has 0 atom stereocenters. The lowest BCUT2D eigenvalue weighted by molar-refractivity contribution is 0.318. The van der Waals surface area contributed by atoms with E-state index in [4.69, 9.17) is 4.74 Å². The fourth-order valence-corrected chi connectivity index (χ4v) is 2.77. The predicted molar refractivity (Wildman–Crippen MR) is 91.6 cm³/mol. The van der Waals surface area contributed by atoms with E-state index >= 15 is 0 Å².